The molecule has 1 aliphatic heterocycles. The SMILES string of the molecule is CC(CNC(=O)c1cc([N+](=O)[O-])ccc1N1CCCCC1)c1nc2ccccc2s1. The first kappa shape index (κ1) is 20.3. The van der Waals surface area contributed by atoms with Gasteiger partial charge in [0.25, 0.3) is 11.6 Å². The Morgan fingerprint density at radius 1 is 1.23 bits per heavy atom. The number of piperidine rings is 1. The minimum Gasteiger partial charge on any atom is -0.371 e. The van der Waals surface area contributed by atoms with Crippen molar-refractivity contribution in [3.63, 3.8) is 0 Å². The Bertz CT molecular complexity index is 1040. The molecule has 2 aromatic carbocycles. The molecule has 1 N–H and O–H groups in total. The minimum atomic E-state index is -0.458. The monoisotopic (exact) mass is 424 g/mol. The molecule has 7 nitrogen and oxygen atoms in total. The van der Waals surface area contributed by atoms with Gasteiger partial charge in [-0.1, -0.05) is 19.1 Å². The fourth-order valence-corrected chi connectivity index (χ4v) is 4.78. The summed E-state index contributed by atoms with van der Waals surface area (Å²) >= 11 is 1.63. The largest absolute Gasteiger partial charge is 0.371 e. The van der Waals surface area contributed by atoms with Crippen molar-refractivity contribution in [2.75, 3.05) is 24.5 Å². The van der Waals surface area contributed by atoms with Crippen LogP contribution in [0.1, 0.15) is 47.5 Å². The standard InChI is InChI=1S/C22H24N4O3S/c1-15(22-24-18-7-3-4-8-20(18)30-22)14-23-21(27)17-13-16(26(28)29)9-10-19(17)25-11-5-2-6-12-25/h3-4,7-10,13,15H,2,5-6,11-12,14H2,1H3,(H,23,27). The summed E-state index contributed by atoms with van der Waals surface area (Å²) in [5, 5.41) is 15.2. The van der Waals surface area contributed by atoms with Crippen LogP contribution in [0.3, 0.4) is 0 Å². The Morgan fingerprint density at radius 2 is 2.00 bits per heavy atom. The molecule has 0 bridgehead atoms. The molecule has 0 spiro atoms. The van der Waals surface area contributed by atoms with Gasteiger partial charge in [0.15, 0.2) is 0 Å². The van der Waals surface area contributed by atoms with Crippen LogP contribution in [0.25, 0.3) is 10.2 Å². The number of amides is 1. The zero-order valence-electron chi connectivity index (χ0n) is 16.8. The normalized spacial score (nSPS) is 15.2. The first-order valence-corrected chi connectivity index (χ1v) is 11.0. The summed E-state index contributed by atoms with van der Waals surface area (Å²) in [7, 11) is 0. The molecule has 0 aliphatic carbocycles. The molecule has 8 heteroatoms. The van der Waals surface area contributed by atoms with Gasteiger partial charge in [0.2, 0.25) is 0 Å². The number of para-hydroxylation sites is 1. The predicted molar refractivity (Wildman–Crippen MR) is 120 cm³/mol. The van der Waals surface area contributed by atoms with E-state index >= 15 is 0 Å². The van der Waals surface area contributed by atoms with Crippen LogP contribution >= 0.6 is 11.3 Å². The third kappa shape index (κ3) is 4.28. The number of thiazole rings is 1. The Morgan fingerprint density at radius 3 is 2.73 bits per heavy atom. The van der Waals surface area contributed by atoms with Crippen molar-refractivity contribution in [1.29, 1.82) is 0 Å². The van der Waals surface area contributed by atoms with Crippen LogP contribution in [0.2, 0.25) is 0 Å². The maximum Gasteiger partial charge on any atom is 0.270 e. The highest BCUT2D eigenvalue weighted by molar-refractivity contribution is 7.18. The maximum atomic E-state index is 13.0. The summed E-state index contributed by atoms with van der Waals surface area (Å²) in [6.07, 6.45) is 3.30. The van der Waals surface area contributed by atoms with Gasteiger partial charge in [-0.2, -0.15) is 0 Å². The van der Waals surface area contributed by atoms with Crippen molar-refractivity contribution in [1.82, 2.24) is 10.3 Å². The lowest BCUT2D eigenvalue weighted by Crippen LogP contribution is -2.33. The topological polar surface area (TPSA) is 88.4 Å². The first-order chi connectivity index (χ1) is 14.5. The van der Waals surface area contributed by atoms with Crippen LogP contribution in [-0.2, 0) is 0 Å². The molecule has 4 rings (SSSR count). The van der Waals surface area contributed by atoms with E-state index in [-0.39, 0.29) is 17.5 Å². The molecule has 1 unspecified atom stereocenters. The van der Waals surface area contributed by atoms with Gasteiger partial charge in [-0.05, 0) is 37.5 Å². The number of benzene rings is 2. The minimum absolute atomic E-state index is 0.0449. The summed E-state index contributed by atoms with van der Waals surface area (Å²) in [5.41, 5.74) is 2.02. The van der Waals surface area contributed by atoms with Crippen LogP contribution in [0.15, 0.2) is 42.5 Å². The molecule has 1 saturated heterocycles. The van der Waals surface area contributed by atoms with Crippen molar-refractivity contribution < 1.29 is 9.72 Å². The highest BCUT2D eigenvalue weighted by Crippen LogP contribution is 2.29. The van der Waals surface area contributed by atoms with Crippen molar-refractivity contribution >= 4 is 38.8 Å². The lowest BCUT2D eigenvalue weighted by molar-refractivity contribution is -0.384. The van der Waals surface area contributed by atoms with E-state index in [4.69, 9.17) is 0 Å². The van der Waals surface area contributed by atoms with Crippen molar-refractivity contribution in [3.8, 4) is 0 Å². The van der Waals surface area contributed by atoms with E-state index in [1.54, 1.807) is 17.4 Å². The summed E-state index contributed by atoms with van der Waals surface area (Å²) in [4.78, 5) is 30.6. The number of nitrogens with zero attached hydrogens (tertiary/aromatic N) is 3. The summed E-state index contributed by atoms with van der Waals surface area (Å²) < 4.78 is 1.12. The van der Waals surface area contributed by atoms with E-state index in [1.165, 1.54) is 18.6 Å². The molecular weight excluding hydrogens is 400 g/mol. The van der Waals surface area contributed by atoms with E-state index < -0.39 is 4.92 Å². The zero-order valence-corrected chi connectivity index (χ0v) is 17.7. The Balaban J connectivity index is 1.52. The molecule has 3 aromatic rings. The molecular formula is C22H24N4O3S. The summed E-state index contributed by atoms with van der Waals surface area (Å²) in [6, 6.07) is 12.5. The average Bonchev–Trinajstić information content (AvgIpc) is 3.22. The van der Waals surface area contributed by atoms with Gasteiger partial charge >= 0.3 is 0 Å². The molecule has 1 atom stereocenters. The number of fused-ring (bicyclic) bond motifs is 1. The Kier molecular flexibility index (Phi) is 5.94. The van der Waals surface area contributed by atoms with E-state index in [2.05, 4.69) is 15.2 Å². The molecule has 2 heterocycles. The van der Waals surface area contributed by atoms with Gasteiger partial charge in [0, 0.05) is 37.7 Å². The number of rotatable bonds is 6. The second-order valence-electron chi connectivity index (χ2n) is 7.64. The highest BCUT2D eigenvalue weighted by Gasteiger charge is 2.22. The van der Waals surface area contributed by atoms with Gasteiger partial charge in [0.1, 0.15) is 0 Å². The first-order valence-electron chi connectivity index (χ1n) is 10.2. The lowest BCUT2D eigenvalue weighted by atomic mass is 10.1. The number of nitro benzene ring substituents is 1. The third-order valence-corrected chi connectivity index (χ3v) is 6.70. The number of nitrogens with one attached hydrogen (secondary N) is 1. The van der Waals surface area contributed by atoms with Crippen LogP contribution in [0.5, 0.6) is 0 Å². The smallest absolute Gasteiger partial charge is 0.270 e. The molecule has 30 heavy (non-hydrogen) atoms. The molecule has 1 aromatic heterocycles. The molecule has 1 amide bonds. The second-order valence-corrected chi connectivity index (χ2v) is 8.70. The summed E-state index contributed by atoms with van der Waals surface area (Å²) in [5.74, 6) is -0.240. The number of carbonyl (C=O) groups is 1. The van der Waals surface area contributed by atoms with Gasteiger partial charge < -0.3 is 10.2 Å². The Labute approximate surface area is 178 Å². The fourth-order valence-electron chi connectivity index (χ4n) is 3.76. The highest BCUT2D eigenvalue weighted by atomic mass is 32.1. The van der Waals surface area contributed by atoms with Crippen molar-refractivity contribution in [2.24, 2.45) is 0 Å². The van der Waals surface area contributed by atoms with E-state index in [9.17, 15) is 14.9 Å². The number of carbonyl (C=O) groups excluding carboxylic acids is 1. The average molecular weight is 425 g/mol. The van der Waals surface area contributed by atoms with Crippen molar-refractivity contribution in [2.45, 2.75) is 32.1 Å². The quantitative estimate of drug-likeness (QED) is 0.457. The number of nitro groups is 1. The third-order valence-electron chi connectivity index (χ3n) is 5.43. The van der Waals surface area contributed by atoms with E-state index in [0.29, 0.717) is 12.1 Å². The van der Waals surface area contributed by atoms with E-state index in [0.717, 1.165) is 46.8 Å². The van der Waals surface area contributed by atoms with Crippen molar-refractivity contribution in [3.05, 3.63) is 63.1 Å². The lowest BCUT2D eigenvalue weighted by Gasteiger charge is -2.30. The van der Waals surface area contributed by atoms with Gasteiger partial charge in [-0.25, -0.2) is 4.98 Å². The van der Waals surface area contributed by atoms with Gasteiger partial charge in [-0.3, -0.25) is 14.9 Å². The van der Waals surface area contributed by atoms with Crippen LogP contribution in [0, 0.1) is 10.1 Å². The van der Waals surface area contributed by atoms with Gasteiger partial charge in [0.05, 0.1) is 31.4 Å². The molecule has 1 aliphatic rings. The zero-order chi connectivity index (χ0) is 21.1. The van der Waals surface area contributed by atoms with Crippen LogP contribution in [0.4, 0.5) is 11.4 Å². The number of hydrogen-bond acceptors (Lipinski definition) is 6. The Hall–Kier alpha value is -3.00. The van der Waals surface area contributed by atoms with Crippen LogP contribution < -0.4 is 10.2 Å². The molecule has 1 fully saturated rings. The summed E-state index contributed by atoms with van der Waals surface area (Å²) in [6.45, 7) is 4.16. The number of aromatic nitrogens is 1. The fraction of sp³-hybridized carbons (Fsp3) is 0.364. The molecule has 156 valence electrons. The predicted octanol–water partition coefficient (Wildman–Crippen LogP) is 4.73. The van der Waals surface area contributed by atoms with Gasteiger partial charge in [-0.15, -0.1) is 11.3 Å². The number of anilines is 1. The maximum absolute atomic E-state index is 13.0. The second kappa shape index (κ2) is 8.79. The molecule has 0 radical (unpaired) electrons. The van der Waals surface area contributed by atoms with E-state index in [1.807, 2.05) is 31.2 Å². The number of non-ortho nitro benzene ring substituents is 1. The number of hydrogen-bond donors (Lipinski definition) is 1. The van der Waals surface area contributed by atoms with Crippen LogP contribution in [-0.4, -0.2) is 35.4 Å². The molecule has 0 saturated carbocycles.